The third kappa shape index (κ3) is 5.13. The molecule has 0 bridgehead atoms. The molecule has 1 saturated heterocycles. The van der Waals surface area contributed by atoms with Crippen LogP contribution in [0.4, 0.5) is 0 Å². The summed E-state index contributed by atoms with van der Waals surface area (Å²) in [6.45, 7) is 8.44. The highest BCUT2D eigenvalue weighted by atomic mass is 32.1. The molecule has 0 aliphatic carbocycles. The second-order valence-corrected chi connectivity index (χ2v) is 9.85. The zero-order chi connectivity index (χ0) is 22.1. The van der Waals surface area contributed by atoms with Gasteiger partial charge in [-0.1, -0.05) is 45.0 Å². The number of aliphatic hydroxyl groups excluding tert-OH is 1. The van der Waals surface area contributed by atoms with E-state index in [-0.39, 0.29) is 0 Å². The van der Waals surface area contributed by atoms with E-state index in [1.165, 1.54) is 0 Å². The number of β-amino-alcohol motifs (C(OH)–C–C–N with tert-alkyl or cyclic N) is 1. The topological polar surface area (TPSA) is 109 Å². The highest BCUT2D eigenvalue weighted by Gasteiger charge is 2.38. The van der Waals surface area contributed by atoms with Crippen LogP contribution in [0.1, 0.15) is 38.4 Å². The van der Waals surface area contributed by atoms with Gasteiger partial charge in [0, 0.05) is 13.1 Å². The lowest BCUT2D eigenvalue weighted by molar-refractivity contribution is -0.134. The van der Waals surface area contributed by atoms with E-state index in [1.54, 1.807) is 11.3 Å². The number of imide groups is 1. The van der Waals surface area contributed by atoms with Crippen LogP contribution in [0.2, 0.25) is 0 Å². The van der Waals surface area contributed by atoms with Crippen molar-refractivity contribution in [3.05, 3.63) is 41.0 Å². The summed E-state index contributed by atoms with van der Waals surface area (Å²) in [5.41, 5.74) is 10.5. The molecule has 2 aromatic rings. The number of hydrogen-bond donors (Lipinski definition) is 3. The molecule has 2 heterocycles. The van der Waals surface area contributed by atoms with Crippen LogP contribution < -0.4 is 11.1 Å². The van der Waals surface area contributed by atoms with Crippen molar-refractivity contribution in [2.24, 2.45) is 11.1 Å². The molecule has 1 aliphatic heterocycles. The summed E-state index contributed by atoms with van der Waals surface area (Å²) in [5.74, 6) is -0.897. The van der Waals surface area contributed by atoms with Crippen molar-refractivity contribution in [1.82, 2.24) is 15.2 Å². The van der Waals surface area contributed by atoms with Gasteiger partial charge in [-0.3, -0.25) is 19.8 Å². The molecule has 7 nitrogen and oxygen atoms in total. The fraction of sp³-hybridized carbons (Fsp3) is 0.500. The lowest BCUT2D eigenvalue weighted by Crippen LogP contribution is -2.53. The zero-order valence-electron chi connectivity index (χ0n) is 17.9. The smallest absolute Gasteiger partial charge is 0.244 e. The van der Waals surface area contributed by atoms with Crippen molar-refractivity contribution < 1.29 is 14.7 Å². The normalized spacial score (nSPS) is 20.9. The monoisotopic (exact) mass is 430 g/mol. The third-order valence-electron chi connectivity index (χ3n) is 5.49. The van der Waals surface area contributed by atoms with Crippen LogP contribution in [0.5, 0.6) is 0 Å². The number of nitrogens with two attached hydrogens (primary N) is 1. The Morgan fingerprint density at radius 1 is 1.33 bits per heavy atom. The summed E-state index contributed by atoms with van der Waals surface area (Å²) in [5, 5.41) is 12.6. The number of thiazole rings is 1. The predicted octanol–water partition coefficient (Wildman–Crippen LogP) is 2.07. The molecule has 1 aromatic heterocycles. The van der Waals surface area contributed by atoms with Gasteiger partial charge in [-0.15, -0.1) is 11.3 Å². The van der Waals surface area contributed by atoms with E-state index >= 15 is 0 Å². The Hall–Kier alpha value is -2.13. The van der Waals surface area contributed by atoms with Gasteiger partial charge in [-0.05, 0) is 29.9 Å². The van der Waals surface area contributed by atoms with E-state index in [1.807, 2.05) is 62.4 Å². The summed E-state index contributed by atoms with van der Waals surface area (Å²) in [6, 6.07) is 6.78. The van der Waals surface area contributed by atoms with Crippen molar-refractivity contribution in [3.63, 3.8) is 0 Å². The van der Waals surface area contributed by atoms with Crippen molar-refractivity contribution in [1.29, 1.82) is 0 Å². The Bertz CT molecular complexity index is 904. The van der Waals surface area contributed by atoms with Gasteiger partial charge in [0.05, 0.1) is 34.3 Å². The van der Waals surface area contributed by atoms with Crippen molar-refractivity contribution in [2.75, 3.05) is 6.54 Å². The maximum Gasteiger partial charge on any atom is 0.244 e. The highest BCUT2D eigenvalue weighted by molar-refractivity contribution is 7.13. The molecule has 3 rings (SSSR count). The zero-order valence-corrected chi connectivity index (χ0v) is 18.7. The molecule has 0 radical (unpaired) electrons. The van der Waals surface area contributed by atoms with Gasteiger partial charge in [0.2, 0.25) is 11.8 Å². The average Bonchev–Trinajstić information content (AvgIpc) is 3.26. The summed E-state index contributed by atoms with van der Waals surface area (Å²) < 4.78 is 0. The van der Waals surface area contributed by atoms with Gasteiger partial charge >= 0.3 is 0 Å². The Labute approximate surface area is 181 Å². The molecule has 2 amide bonds. The molecule has 8 heteroatoms. The predicted molar refractivity (Wildman–Crippen MR) is 118 cm³/mol. The Kier molecular flexibility index (Phi) is 6.71. The maximum absolute atomic E-state index is 12.7. The van der Waals surface area contributed by atoms with Crippen LogP contribution in [0, 0.1) is 12.3 Å². The number of nitrogens with zero attached hydrogens (tertiary/aromatic N) is 2. The van der Waals surface area contributed by atoms with Gasteiger partial charge in [0.15, 0.2) is 0 Å². The quantitative estimate of drug-likeness (QED) is 0.670. The maximum atomic E-state index is 12.7. The molecule has 162 valence electrons. The van der Waals surface area contributed by atoms with Crippen LogP contribution in [-0.4, -0.2) is 51.5 Å². The van der Waals surface area contributed by atoms with Crippen molar-refractivity contribution in [2.45, 2.75) is 58.8 Å². The first-order valence-corrected chi connectivity index (χ1v) is 11.0. The molecule has 1 fully saturated rings. The van der Waals surface area contributed by atoms with Gasteiger partial charge in [-0.2, -0.15) is 0 Å². The number of hydrogen-bond acceptors (Lipinski definition) is 7. The van der Waals surface area contributed by atoms with Crippen molar-refractivity contribution in [3.8, 4) is 10.4 Å². The minimum atomic E-state index is -0.788. The first kappa shape index (κ1) is 22.6. The minimum Gasteiger partial charge on any atom is -0.392 e. The first-order valence-electron chi connectivity index (χ1n) is 10.1. The van der Waals surface area contributed by atoms with Crippen LogP contribution in [0.15, 0.2) is 29.8 Å². The van der Waals surface area contributed by atoms with Gasteiger partial charge in [0.1, 0.15) is 0 Å². The minimum absolute atomic E-state index is 0.294. The molecule has 30 heavy (non-hydrogen) atoms. The van der Waals surface area contributed by atoms with E-state index in [0.29, 0.717) is 19.5 Å². The molecule has 1 aromatic carbocycles. The van der Waals surface area contributed by atoms with Gasteiger partial charge in [-0.25, -0.2) is 4.98 Å². The summed E-state index contributed by atoms with van der Waals surface area (Å²) in [4.78, 5) is 32.4. The van der Waals surface area contributed by atoms with E-state index in [4.69, 9.17) is 5.73 Å². The average molecular weight is 431 g/mol. The lowest BCUT2D eigenvalue weighted by atomic mass is 9.87. The van der Waals surface area contributed by atoms with Crippen molar-refractivity contribution >= 4 is 23.2 Å². The molecular weight excluding hydrogens is 400 g/mol. The fourth-order valence-corrected chi connectivity index (χ4v) is 4.39. The molecule has 0 saturated carbocycles. The number of carbonyl (C=O) groups is 2. The Balaban J connectivity index is 1.67. The SMILES string of the molecule is Cc1ncsc1-c1ccc(CN2C[C@H](O)C[C@H]2C(=O)NC(=O)[C@H](N)C(C)(C)C)cc1. The molecule has 1 aliphatic rings. The van der Waals surface area contributed by atoms with E-state index in [0.717, 1.165) is 21.7 Å². The molecule has 4 N–H and O–H groups in total. The fourth-order valence-electron chi connectivity index (χ4n) is 3.58. The third-order valence-corrected chi connectivity index (χ3v) is 6.47. The summed E-state index contributed by atoms with van der Waals surface area (Å²) in [6.07, 6.45) is -0.312. The second-order valence-electron chi connectivity index (χ2n) is 9.00. The van der Waals surface area contributed by atoms with E-state index < -0.39 is 35.4 Å². The van der Waals surface area contributed by atoms with Gasteiger partial charge in [0.25, 0.3) is 0 Å². The second kappa shape index (κ2) is 8.93. The van der Waals surface area contributed by atoms with Crippen LogP contribution in [0.25, 0.3) is 10.4 Å². The molecule has 0 unspecified atom stereocenters. The van der Waals surface area contributed by atoms with Crippen LogP contribution in [0.3, 0.4) is 0 Å². The number of aliphatic hydroxyl groups is 1. The molecule has 0 spiro atoms. The molecular formula is C22H30N4O3S. The summed E-state index contributed by atoms with van der Waals surface area (Å²) in [7, 11) is 0. The number of amides is 2. The highest BCUT2D eigenvalue weighted by Crippen LogP contribution is 2.28. The van der Waals surface area contributed by atoms with Crippen LogP contribution in [-0.2, 0) is 16.1 Å². The Morgan fingerprint density at radius 3 is 2.57 bits per heavy atom. The molecule has 3 atom stereocenters. The standard InChI is InChI=1S/C22H30N4O3S/c1-13-18(30-12-24-13)15-7-5-14(6-8-15)10-26-11-16(27)9-17(26)20(28)25-21(29)19(23)22(2,3)4/h5-8,12,16-17,19,27H,9-11,23H2,1-4H3,(H,25,28,29)/t16-,17+,19+/m1/s1. The number of benzene rings is 1. The van der Waals surface area contributed by atoms with E-state index in [2.05, 4.69) is 10.3 Å². The Morgan fingerprint density at radius 2 is 2.00 bits per heavy atom. The van der Waals surface area contributed by atoms with Gasteiger partial charge < -0.3 is 10.8 Å². The number of nitrogens with one attached hydrogen (secondary N) is 1. The number of likely N-dealkylation sites (tertiary alicyclic amines) is 1. The number of rotatable bonds is 5. The largest absolute Gasteiger partial charge is 0.392 e. The number of aromatic nitrogens is 1. The van der Waals surface area contributed by atoms with Crippen LogP contribution >= 0.6 is 11.3 Å². The van der Waals surface area contributed by atoms with E-state index in [9.17, 15) is 14.7 Å². The summed E-state index contributed by atoms with van der Waals surface area (Å²) >= 11 is 1.61. The first-order chi connectivity index (χ1) is 14.1. The lowest BCUT2D eigenvalue weighted by Gasteiger charge is -2.27. The number of carbonyl (C=O) groups excluding carboxylic acids is 2. The number of aryl methyl sites for hydroxylation is 1.